The zero-order valence-corrected chi connectivity index (χ0v) is 15.2. The third kappa shape index (κ3) is 7.43. The minimum atomic E-state index is -0.207. The topological polar surface area (TPSA) is 81.2 Å². The molecule has 7 heteroatoms. The molecule has 0 unspecified atom stereocenters. The Bertz CT molecular complexity index is 673. The second-order valence-electron chi connectivity index (χ2n) is 5.67. The lowest BCUT2D eigenvalue weighted by atomic mass is 10.1. The first-order valence-electron chi connectivity index (χ1n) is 8.40. The van der Waals surface area contributed by atoms with Crippen LogP contribution in [0.5, 0.6) is 0 Å². The molecule has 2 aromatic rings. The van der Waals surface area contributed by atoms with E-state index in [2.05, 4.69) is 32.4 Å². The van der Waals surface area contributed by atoms with Gasteiger partial charge in [0.2, 0.25) is 11.0 Å². The van der Waals surface area contributed by atoms with Gasteiger partial charge in [-0.1, -0.05) is 48.1 Å². The number of nitrogens with one attached hydrogen (secondary N) is 1. The summed E-state index contributed by atoms with van der Waals surface area (Å²) in [6.07, 6.45) is 4.83. The number of nitrogens with zero attached hydrogens (tertiary/aromatic N) is 2. The van der Waals surface area contributed by atoms with E-state index < -0.39 is 0 Å². The van der Waals surface area contributed by atoms with Crippen LogP contribution >= 0.6 is 11.3 Å². The summed E-state index contributed by atoms with van der Waals surface area (Å²) in [7, 11) is 1.38. The average Bonchev–Trinajstić information content (AvgIpc) is 3.07. The molecule has 6 nitrogen and oxygen atoms in total. The summed E-state index contributed by atoms with van der Waals surface area (Å²) in [4.78, 5) is 22.9. The van der Waals surface area contributed by atoms with Gasteiger partial charge in [-0.15, -0.1) is 10.2 Å². The number of benzene rings is 1. The van der Waals surface area contributed by atoms with E-state index in [0.717, 1.165) is 37.1 Å². The Labute approximate surface area is 151 Å². The molecule has 0 saturated carbocycles. The van der Waals surface area contributed by atoms with E-state index in [1.807, 2.05) is 18.2 Å². The Kier molecular flexibility index (Phi) is 8.04. The number of unbranched alkanes of at least 4 members (excludes halogenated alkanes) is 2. The van der Waals surface area contributed by atoms with E-state index in [-0.39, 0.29) is 11.9 Å². The number of ether oxygens (including phenoxy) is 1. The molecule has 0 radical (unpaired) electrons. The van der Waals surface area contributed by atoms with Gasteiger partial charge in [0.25, 0.3) is 0 Å². The lowest BCUT2D eigenvalue weighted by molar-refractivity contribution is -0.140. The Hall–Kier alpha value is -2.28. The average molecular weight is 361 g/mol. The minimum Gasteiger partial charge on any atom is -0.469 e. The highest BCUT2D eigenvalue weighted by Crippen LogP contribution is 2.18. The van der Waals surface area contributed by atoms with E-state index in [1.165, 1.54) is 24.0 Å². The van der Waals surface area contributed by atoms with E-state index >= 15 is 0 Å². The van der Waals surface area contributed by atoms with Crippen LogP contribution < -0.4 is 5.32 Å². The molecule has 0 saturated heterocycles. The smallest absolute Gasteiger partial charge is 0.305 e. The first-order valence-corrected chi connectivity index (χ1v) is 9.22. The van der Waals surface area contributed by atoms with Gasteiger partial charge in [0.05, 0.1) is 7.11 Å². The van der Waals surface area contributed by atoms with Crippen molar-refractivity contribution in [2.24, 2.45) is 0 Å². The van der Waals surface area contributed by atoms with Gasteiger partial charge in [0.1, 0.15) is 5.01 Å². The van der Waals surface area contributed by atoms with Crippen molar-refractivity contribution in [3.05, 3.63) is 40.9 Å². The summed E-state index contributed by atoms with van der Waals surface area (Å²) in [6, 6.07) is 10.2. The van der Waals surface area contributed by atoms with Crippen LogP contribution in [0.1, 0.15) is 42.7 Å². The number of hydrogen-bond donors (Lipinski definition) is 1. The number of carbonyl (C=O) groups excluding carboxylic acids is 2. The molecule has 2 rings (SSSR count). The fourth-order valence-corrected chi connectivity index (χ4v) is 3.07. The molecule has 0 spiro atoms. The summed E-state index contributed by atoms with van der Waals surface area (Å²) in [5, 5.41) is 12.4. The molecule has 0 aliphatic carbocycles. The molecule has 134 valence electrons. The van der Waals surface area contributed by atoms with Crippen molar-refractivity contribution in [2.75, 3.05) is 12.4 Å². The maximum absolute atomic E-state index is 11.9. The van der Waals surface area contributed by atoms with E-state index in [1.54, 1.807) is 0 Å². The fourth-order valence-electron chi connectivity index (χ4n) is 2.32. The third-order valence-corrected chi connectivity index (χ3v) is 4.59. The molecule has 0 fully saturated rings. The predicted octanol–water partition coefficient (Wildman–Crippen LogP) is 3.39. The molecule has 1 amide bonds. The normalized spacial score (nSPS) is 10.4. The van der Waals surface area contributed by atoms with E-state index in [0.29, 0.717) is 18.0 Å². The molecule has 0 aliphatic heterocycles. The molecule has 1 N–H and O–H groups in total. The zero-order chi connectivity index (χ0) is 17.9. The Balaban J connectivity index is 1.64. The maximum atomic E-state index is 11.9. The molecule has 1 aromatic carbocycles. The molecule has 25 heavy (non-hydrogen) atoms. The Morgan fingerprint density at radius 2 is 1.80 bits per heavy atom. The molecule has 1 aromatic heterocycles. The van der Waals surface area contributed by atoms with Gasteiger partial charge >= 0.3 is 5.97 Å². The van der Waals surface area contributed by atoms with Gasteiger partial charge < -0.3 is 10.1 Å². The van der Waals surface area contributed by atoms with Crippen LogP contribution in [-0.2, 0) is 27.2 Å². The van der Waals surface area contributed by atoms with Crippen LogP contribution in [0.2, 0.25) is 0 Å². The van der Waals surface area contributed by atoms with Gasteiger partial charge in [-0.2, -0.15) is 0 Å². The van der Waals surface area contributed by atoms with Gasteiger partial charge in [-0.25, -0.2) is 0 Å². The van der Waals surface area contributed by atoms with Crippen molar-refractivity contribution in [2.45, 2.75) is 44.9 Å². The molecular weight excluding hydrogens is 338 g/mol. The monoisotopic (exact) mass is 361 g/mol. The van der Waals surface area contributed by atoms with Crippen molar-refractivity contribution in [1.82, 2.24) is 10.2 Å². The highest BCUT2D eigenvalue weighted by atomic mass is 32.1. The number of aromatic nitrogens is 2. The van der Waals surface area contributed by atoms with Crippen LogP contribution in [0.3, 0.4) is 0 Å². The summed E-state index contributed by atoms with van der Waals surface area (Å²) in [5.74, 6) is -0.273. The van der Waals surface area contributed by atoms with Crippen molar-refractivity contribution in [3.8, 4) is 0 Å². The quantitative estimate of drug-likeness (QED) is 0.518. The molecule has 0 bridgehead atoms. The first-order chi connectivity index (χ1) is 12.2. The third-order valence-electron chi connectivity index (χ3n) is 3.70. The highest BCUT2D eigenvalue weighted by molar-refractivity contribution is 7.15. The standard InChI is InChI=1S/C18H23N3O3S/c1-24-17(23)11-7-3-6-10-15(22)19-18-21-20-16(25-18)13-12-14-8-4-2-5-9-14/h2,4-5,8-9H,3,6-7,10-13H2,1H3,(H,19,21,22). The number of aryl methyl sites for hydroxylation is 2. The van der Waals surface area contributed by atoms with Crippen molar-refractivity contribution in [1.29, 1.82) is 0 Å². The molecular formula is C18H23N3O3S. The lowest BCUT2D eigenvalue weighted by Crippen LogP contribution is -2.10. The predicted molar refractivity (Wildman–Crippen MR) is 97.5 cm³/mol. The number of carbonyl (C=O) groups is 2. The SMILES string of the molecule is COC(=O)CCCCCC(=O)Nc1nnc(CCc2ccccc2)s1. The van der Waals surface area contributed by atoms with Crippen LogP contribution in [0.4, 0.5) is 5.13 Å². The van der Waals surface area contributed by atoms with Gasteiger partial charge in [0.15, 0.2) is 0 Å². The Morgan fingerprint density at radius 3 is 2.56 bits per heavy atom. The first kappa shape index (κ1) is 19.1. The molecule has 1 heterocycles. The van der Waals surface area contributed by atoms with Gasteiger partial charge in [0, 0.05) is 19.3 Å². The molecule has 0 atom stereocenters. The number of esters is 1. The largest absolute Gasteiger partial charge is 0.469 e. The van der Waals surface area contributed by atoms with Crippen LogP contribution in [0.15, 0.2) is 30.3 Å². The summed E-state index contributed by atoms with van der Waals surface area (Å²) < 4.78 is 4.58. The Morgan fingerprint density at radius 1 is 1.04 bits per heavy atom. The molecule has 0 aliphatic rings. The maximum Gasteiger partial charge on any atom is 0.305 e. The second-order valence-corrected chi connectivity index (χ2v) is 6.73. The van der Waals surface area contributed by atoms with Crippen molar-refractivity contribution < 1.29 is 14.3 Å². The van der Waals surface area contributed by atoms with Crippen molar-refractivity contribution in [3.63, 3.8) is 0 Å². The number of amides is 1. The van der Waals surface area contributed by atoms with Gasteiger partial charge in [-0.05, 0) is 24.8 Å². The van der Waals surface area contributed by atoms with Gasteiger partial charge in [-0.3, -0.25) is 9.59 Å². The summed E-state index contributed by atoms with van der Waals surface area (Å²) in [6.45, 7) is 0. The number of hydrogen-bond acceptors (Lipinski definition) is 6. The van der Waals surface area contributed by atoms with Crippen LogP contribution in [-0.4, -0.2) is 29.2 Å². The number of methoxy groups -OCH3 is 1. The summed E-state index contributed by atoms with van der Waals surface area (Å²) >= 11 is 1.42. The second kappa shape index (κ2) is 10.6. The minimum absolute atomic E-state index is 0.0659. The number of anilines is 1. The highest BCUT2D eigenvalue weighted by Gasteiger charge is 2.08. The van der Waals surface area contributed by atoms with Crippen LogP contribution in [0.25, 0.3) is 0 Å². The number of rotatable bonds is 10. The van der Waals surface area contributed by atoms with Crippen molar-refractivity contribution >= 4 is 28.3 Å². The van der Waals surface area contributed by atoms with Crippen LogP contribution in [0, 0.1) is 0 Å². The lowest BCUT2D eigenvalue weighted by Gasteiger charge is -2.01. The summed E-state index contributed by atoms with van der Waals surface area (Å²) in [5.41, 5.74) is 1.26. The zero-order valence-electron chi connectivity index (χ0n) is 14.4. The van der Waals surface area contributed by atoms with E-state index in [9.17, 15) is 9.59 Å². The fraction of sp³-hybridized carbons (Fsp3) is 0.444. The van der Waals surface area contributed by atoms with E-state index in [4.69, 9.17) is 0 Å².